The Labute approximate surface area is 75.7 Å². The number of allylic oxidation sites excluding steroid dienone is 1. The Morgan fingerprint density at radius 3 is 2.77 bits per heavy atom. The molecule has 0 radical (unpaired) electrons. The Kier molecular flexibility index (Phi) is 1.13. The Bertz CT molecular complexity index is 508. The zero-order valence-corrected chi connectivity index (χ0v) is 7.07. The molecule has 2 heteroatoms. The highest BCUT2D eigenvalue weighted by Gasteiger charge is 2.15. The second kappa shape index (κ2) is 2.16. The third kappa shape index (κ3) is 0.724. The van der Waals surface area contributed by atoms with Crippen LogP contribution in [0, 0.1) is 0 Å². The van der Waals surface area contributed by atoms with E-state index in [1.807, 2.05) is 28.8 Å². The second-order valence-electron chi connectivity index (χ2n) is 3.27. The van der Waals surface area contributed by atoms with E-state index in [0.717, 1.165) is 23.0 Å². The fourth-order valence-corrected chi connectivity index (χ4v) is 1.94. The number of hydrogen-bond acceptors (Lipinski definition) is 1. The maximum Gasteiger partial charge on any atom is 0.199 e. The lowest BCUT2D eigenvalue weighted by atomic mass is 10.2. The second-order valence-corrected chi connectivity index (χ2v) is 3.27. The van der Waals surface area contributed by atoms with Gasteiger partial charge >= 0.3 is 0 Å². The average molecular weight is 171 g/mol. The molecule has 0 amide bonds. The van der Waals surface area contributed by atoms with Crippen LogP contribution in [0.2, 0.25) is 0 Å². The molecule has 0 aliphatic carbocycles. The van der Waals surface area contributed by atoms with Gasteiger partial charge in [-0.05, 0) is 12.1 Å². The third-order valence-electron chi connectivity index (χ3n) is 2.55. The number of benzene rings is 1. The van der Waals surface area contributed by atoms with Crippen molar-refractivity contribution in [3.05, 3.63) is 36.0 Å². The summed E-state index contributed by atoms with van der Waals surface area (Å²) in [6.45, 7) is 0.788. The molecule has 64 valence electrons. The molecule has 1 aliphatic rings. The first-order chi connectivity index (χ1) is 6.38. The summed E-state index contributed by atoms with van der Waals surface area (Å²) < 4.78 is 1.92. The largest absolute Gasteiger partial charge is 0.494 e. The average Bonchev–Trinajstić information content (AvgIpc) is 2.72. The van der Waals surface area contributed by atoms with Crippen LogP contribution in [0.1, 0.15) is 5.69 Å². The van der Waals surface area contributed by atoms with E-state index >= 15 is 0 Å². The van der Waals surface area contributed by atoms with Crippen LogP contribution < -0.4 is 0 Å². The van der Waals surface area contributed by atoms with Crippen LogP contribution >= 0.6 is 0 Å². The maximum atomic E-state index is 9.83. The van der Waals surface area contributed by atoms with Crippen LogP contribution in [0.3, 0.4) is 0 Å². The molecule has 1 N–H and O–H groups in total. The van der Waals surface area contributed by atoms with Gasteiger partial charge in [0, 0.05) is 17.3 Å². The molecule has 13 heavy (non-hydrogen) atoms. The summed E-state index contributed by atoms with van der Waals surface area (Å²) in [7, 11) is 0. The highest BCUT2D eigenvalue weighted by atomic mass is 16.3. The quantitative estimate of drug-likeness (QED) is 0.646. The molecule has 0 bridgehead atoms. The molecule has 0 atom stereocenters. The van der Waals surface area contributed by atoms with E-state index in [1.165, 1.54) is 0 Å². The maximum absolute atomic E-state index is 9.83. The van der Waals surface area contributed by atoms with Crippen LogP contribution in [-0.4, -0.2) is 9.67 Å². The van der Waals surface area contributed by atoms with Gasteiger partial charge in [0.25, 0.3) is 0 Å². The molecule has 2 aromatic rings. The minimum absolute atomic E-state index is 0.385. The van der Waals surface area contributed by atoms with Crippen LogP contribution in [0.4, 0.5) is 0 Å². The molecule has 3 rings (SSSR count). The van der Waals surface area contributed by atoms with Crippen molar-refractivity contribution in [3.8, 4) is 5.88 Å². The monoisotopic (exact) mass is 171 g/mol. The Morgan fingerprint density at radius 1 is 1.15 bits per heavy atom. The minimum atomic E-state index is 0.385. The smallest absolute Gasteiger partial charge is 0.199 e. The fraction of sp³-hybridized carbons (Fsp3) is 0.0909. The van der Waals surface area contributed by atoms with Gasteiger partial charge in [-0.25, -0.2) is 0 Å². The molecule has 2 nitrogen and oxygen atoms in total. The molecule has 1 aliphatic heterocycles. The molecular weight excluding hydrogens is 162 g/mol. The number of hydrogen-bond donors (Lipinski definition) is 1. The highest BCUT2D eigenvalue weighted by Crippen LogP contribution is 2.34. The number of aromatic nitrogens is 1. The number of fused-ring (bicyclic) bond motifs is 3. The first kappa shape index (κ1) is 6.78. The molecule has 1 aromatic heterocycles. The summed E-state index contributed by atoms with van der Waals surface area (Å²) in [5.74, 6) is 0.385. The van der Waals surface area contributed by atoms with Crippen LogP contribution in [0.15, 0.2) is 30.3 Å². The van der Waals surface area contributed by atoms with Gasteiger partial charge in [-0.3, -0.25) is 0 Å². The lowest BCUT2D eigenvalue weighted by Crippen LogP contribution is -1.89. The predicted octanol–water partition coefficient (Wildman–Crippen LogP) is 2.37. The van der Waals surface area contributed by atoms with Crippen molar-refractivity contribution >= 4 is 16.8 Å². The van der Waals surface area contributed by atoms with E-state index in [2.05, 4.69) is 12.2 Å². The first-order valence-corrected chi connectivity index (χ1v) is 4.34. The van der Waals surface area contributed by atoms with Crippen LogP contribution in [0.5, 0.6) is 5.88 Å². The minimum Gasteiger partial charge on any atom is -0.494 e. The van der Waals surface area contributed by atoms with Crippen LogP contribution in [0.25, 0.3) is 16.8 Å². The zero-order valence-electron chi connectivity index (χ0n) is 7.07. The lowest BCUT2D eigenvalue weighted by molar-refractivity contribution is 0.432. The fourth-order valence-electron chi connectivity index (χ4n) is 1.94. The Morgan fingerprint density at radius 2 is 1.92 bits per heavy atom. The zero-order chi connectivity index (χ0) is 8.84. The first-order valence-electron chi connectivity index (χ1n) is 4.34. The molecule has 2 heterocycles. The van der Waals surface area contributed by atoms with Crippen LogP contribution in [-0.2, 0) is 6.54 Å². The van der Waals surface area contributed by atoms with Gasteiger partial charge in [-0.2, -0.15) is 0 Å². The van der Waals surface area contributed by atoms with E-state index in [4.69, 9.17) is 0 Å². The molecule has 0 unspecified atom stereocenters. The van der Waals surface area contributed by atoms with Crippen molar-refractivity contribution in [2.45, 2.75) is 6.54 Å². The van der Waals surface area contributed by atoms with Gasteiger partial charge in [0.1, 0.15) is 0 Å². The summed E-state index contributed by atoms with van der Waals surface area (Å²) in [5.41, 5.74) is 1.12. The molecule has 0 spiro atoms. The molecule has 1 aromatic carbocycles. The normalized spacial score (nSPS) is 13.8. The lowest BCUT2D eigenvalue weighted by Gasteiger charge is -1.97. The third-order valence-corrected chi connectivity index (χ3v) is 2.55. The van der Waals surface area contributed by atoms with E-state index in [-0.39, 0.29) is 0 Å². The SMILES string of the molecule is Oc1c2ccccc2c2n1CC=C2. The van der Waals surface area contributed by atoms with Gasteiger partial charge in [-0.15, -0.1) is 0 Å². The van der Waals surface area contributed by atoms with Gasteiger partial charge in [-0.1, -0.05) is 24.3 Å². The molecule has 0 saturated carbocycles. The summed E-state index contributed by atoms with van der Waals surface area (Å²) in [5, 5.41) is 11.9. The van der Waals surface area contributed by atoms with Gasteiger partial charge in [0.2, 0.25) is 0 Å². The summed E-state index contributed by atoms with van der Waals surface area (Å²) in [6, 6.07) is 7.93. The van der Waals surface area contributed by atoms with E-state index < -0.39 is 0 Å². The molecular formula is C11H9NO. The van der Waals surface area contributed by atoms with Crippen molar-refractivity contribution in [1.82, 2.24) is 4.57 Å². The molecule has 0 saturated heterocycles. The topological polar surface area (TPSA) is 25.2 Å². The van der Waals surface area contributed by atoms with E-state index in [9.17, 15) is 5.11 Å². The van der Waals surface area contributed by atoms with Crippen molar-refractivity contribution in [2.75, 3.05) is 0 Å². The van der Waals surface area contributed by atoms with Gasteiger partial charge < -0.3 is 9.67 Å². The van der Waals surface area contributed by atoms with Crippen molar-refractivity contribution < 1.29 is 5.11 Å². The summed E-state index contributed by atoms with van der Waals surface area (Å²) in [4.78, 5) is 0. The summed E-state index contributed by atoms with van der Waals surface area (Å²) >= 11 is 0. The van der Waals surface area contributed by atoms with Gasteiger partial charge in [0.15, 0.2) is 5.88 Å². The standard InChI is InChI=1S/C11H9NO/c13-11-9-5-2-1-4-8(9)10-6-3-7-12(10)11/h1-6,13H,7H2. The van der Waals surface area contributed by atoms with Crippen molar-refractivity contribution in [3.63, 3.8) is 0 Å². The number of aromatic hydroxyl groups is 1. The summed E-state index contributed by atoms with van der Waals surface area (Å²) in [6.07, 6.45) is 4.11. The predicted molar refractivity (Wildman–Crippen MR) is 52.6 cm³/mol. The number of nitrogens with zero attached hydrogens (tertiary/aromatic N) is 1. The van der Waals surface area contributed by atoms with Crippen molar-refractivity contribution in [1.29, 1.82) is 0 Å². The highest BCUT2D eigenvalue weighted by molar-refractivity contribution is 5.95. The van der Waals surface area contributed by atoms with E-state index in [0.29, 0.717) is 5.88 Å². The Hall–Kier alpha value is -1.70. The molecule has 0 fully saturated rings. The van der Waals surface area contributed by atoms with Gasteiger partial charge in [0.05, 0.1) is 5.69 Å². The Balaban J connectivity index is 2.55. The van der Waals surface area contributed by atoms with Crippen molar-refractivity contribution in [2.24, 2.45) is 0 Å². The van der Waals surface area contributed by atoms with E-state index in [1.54, 1.807) is 0 Å². The number of rotatable bonds is 0.